The van der Waals surface area contributed by atoms with Crippen molar-refractivity contribution in [2.24, 2.45) is 0 Å². The SMILES string of the molecule is CC1C(=O)NC2(CCCC2)C(=O)N1C1CC=CC1. The average Bonchev–Trinajstić information content (AvgIpc) is 2.99. The number of amides is 2. The topological polar surface area (TPSA) is 49.4 Å². The molecule has 4 nitrogen and oxygen atoms in total. The van der Waals surface area contributed by atoms with Crippen LogP contribution in [-0.2, 0) is 9.59 Å². The van der Waals surface area contributed by atoms with Crippen LogP contribution in [0.5, 0.6) is 0 Å². The second kappa shape index (κ2) is 4.11. The molecule has 1 aliphatic heterocycles. The minimum absolute atomic E-state index is 0.0170. The van der Waals surface area contributed by atoms with E-state index in [1.807, 2.05) is 11.8 Å². The molecule has 1 spiro atoms. The zero-order valence-corrected chi connectivity index (χ0v) is 10.8. The lowest BCUT2D eigenvalue weighted by molar-refractivity contribution is -0.156. The van der Waals surface area contributed by atoms with Crippen LogP contribution in [0.2, 0.25) is 0 Å². The summed E-state index contributed by atoms with van der Waals surface area (Å²) in [7, 11) is 0. The van der Waals surface area contributed by atoms with Crippen molar-refractivity contribution in [1.29, 1.82) is 0 Å². The molecule has 1 heterocycles. The van der Waals surface area contributed by atoms with Gasteiger partial charge in [-0.15, -0.1) is 0 Å². The van der Waals surface area contributed by atoms with Gasteiger partial charge in [0.1, 0.15) is 11.6 Å². The van der Waals surface area contributed by atoms with Gasteiger partial charge >= 0.3 is 0 Å². The third kappa shape index (κ3) is 1.58. The maximum absolute atomic E-state index is 12.8. The van der Waals surface area contributed by atoms with Crippen molar-refractivity contribution >= 4 is 11.8 Å². The van der Waals surface area contributed by atoms with Gasteiger partial charge in [0.25, 0.3) is 0 Å². The number of nitrogens with zero attached hydrogens (tertiary/aromatic N) is 1. The van der Waals surface area contributed by atoms with Crippen molar-refractivity contribution in [3.05, 3.63) is 12.2 Å². The minimum Gasteiger partial charge on any atom is -0.340 e. The van der Waals surface area contributed by atoms with Gasteiger partial charge in [0, 0.05) is 6.04 Å². The van der Waals surface area contributed by atoms with Gasteiger partial charge in [0.2, 0.25) is 11.8 Å². The molecule has 3 rings (SSSR count). The fraction of sp³-hybridized carbons (Fsp3) is 0.714. The Morgan fingerprint density at radius 3 is 2.44 bits per heavy atom. The Hall–Kier alpha value is -1.32. The van der Waals surface area contributed by atoms with Crippen molar-refractivity contribution in [2.75, 3.05) is 0 Å². The van der Waals surface area contributed by atoms with E-state index in [9.17, 15) is 9.59 Å². The number of carbonyl (C=O) groups is 2. The highest BCUT2D eigenvalue weighted by molar-refractivity contribution is 6.00. The van der Waals surface area contributed by atoms with Crippen molar-refractivity contribution in [2.45, 2.75) is 63.1 Å². The van der Waals surface area contributed by atoms with E-state index in [0.717, 1.165) is 38.5 Å². The zero-order chi connectivity index (χ0) is 12.8. The summed E-state index contributed by atoms with van der Waals surface area (Å²) >= 11 is 0. The molecule has 0 aromatic heterocycles. The molecule has 3 aliphatic rings. The molecule has 4 heteroatoms. The molecule has 18 heavy (non-hydrogen) atoms. The molecule has 0 radical (unpaired) electrons. The van der Waals surface area contributed by atoms with E-state index < -0.39 is 5.54 Å². The van der Waals surface area contributed by atoms with Crippen LogP contribution in [0.15, 0.2) is 12.2 Å². The first-order chi connectivity index (χ1) is 8.64. The van der Waals surface area contributed by atoms with E-state index in [1.165, 1.54) is 0 Å². The van der Waals surface area contributed by atoms with Gasteiger partial charge < -0.3 is 10.2 Å². The smallest absolute Gasteiger partial charge is 0.249 e. The van der Waals surface area contributed by atoms with E-state index in [0.29, 0.717) is 0 Å². The van der Waals surface area contributed by atoms with Crippen molar-refractivity contribution in [3.63, 3.8) is 0 Å². The number of nitrogens with one attached hydrogen (secondary N) is 1. The minimum atomic E-state index is -0.577. The monoisotopic (exact) mass is 248 g/mol. The van der Waals surface area contributed by atoms with E-state index in [-0.39, 0.29) is 23.9 Å². The second-order valence-electron chi connectivity index (χ2n) is 5.76. The van der Waals surface area contributed by atoms with Crippen molar-refractivity contribution in [3.8, 4) is 0 Å². The molecule has 2 fully saturated rings. The van der Waals surface area contributed by atoms with Crippen LogP contribution in [0.1, 0.15) is 45.4 Å². The van der Waals surface area contributed by atoms with Crippen molar-refractivity contribution < 1.29 is 9.59 Å². The largest absolute Gasteiger partial charge is 0.340 e. The highest BCUT2D eigenvalue weighted by Crippen LogP contribution is 2.36. The van der Waals surface area contributed by atoms with Crippen LogP contribution >= 0.6 is 0 Å². The van der Waals surface area contributed by atoms with Gasteiger partial charge in [-0.25, -0.2) is 0 Å². The first kappa shape index (κ1) is 11.8. The second-order valence-corrected chi connectivity index (χ2v) is 5.76. The highest BCUT2D eigenvalue weighted by atomic mass is 16.2. The number of carbonyl (C=O) groups excluding carboxylic acids is 2. The standard InChI is InChI=1S/C14H20N2O2/c1-10-12(17)15-14(8-4-5-9-14)13(18)16(10)11-6-2-3-7-11/h2-3,10-11H,4-9H2,1H3,(H,15,17). The molecule has 1 unspecified atom stereocenters. The molecule has 2 amide bonds. The van der Waals surface area contributed by atoms with Crippen LogP contribution < -0.4 is 5.32 Å². The van der Waals surface area contributed by atoms with Crippen LogP contribution in [0.3, 0.4) is 0 Å². The van der Waals surface area contributed by atoms with E-state index >= 15 is 0 Å². The number of rotatable bonds is 1. The molecule has 1 saturated carbocycles. The van der Waals surface area contributed by atoms with Crippen LogP contribution in [0.4, 0.5) is 0 Å². The van der Waals surface area contributed by atoms with Crippen LogP contribution in [0, 0.1) is 0 Å². The maximum atomic E-state index is 12.8. The maximum Gasteiger partial charge on any atom is 0.249 e. The Labute approximate surface area is 107 Å². The fourth-order valence-electron chi connectivity index (χ4n) is 3.57. The third-order valence-corrected chi connectivity index (χ3v) is 4.64. The lowest BCUT2D eigenvalue weighted by Gasteiger charge is -2.46. The van der Waals surface area contributed by atoms with Crippen molar-refractivity contribution in [1.82, 2.24) is 10.2 Å². The van der Waals surface area contributed by atoms with Crippen LogP contribution in [0.25, 0.3) is 0 Å². The molecule has 98 valence electrons. The lowest BCUT2D eigenvalue weighted by Crippen LogP contribution is -2.70. The van der Waals surface area contributed by atoms with Gasteiger partial charge in [-0.1, -0.05) is 25.0 Å². The van der Waals surface area contributed by atoms with E-state index in [4.69, 9.17) is 0 Å². The summed E-state index contributed by atoms with van der Waals surface area (Å²) < 4.78 is 0. The first-order valence-corrected chi connectivity index (χ1v) is 6.94. The molecule has 0 aromatic carbocycles. The van der Waals surface area contributed by atoms with Crippen LogP contribution in [-0.4, -0.2) is 34.3 Å². The first-order valence-electron chi connectivity index (χ1n) is 6.94. The summed E-state index contributed by atoms with van der Waals surface area (Å²) in [5.74, 6) is 0.171. The summed E-state index contributed by atoms with van der Waals surface area (Å²) in [6, 6.07) is -0.135. The summed E-state index contributed by atoms with van der Waals surface area (Å²) in [6.07, 6.45) is 9.69. The number of piperazine rings is 1. The predicted molar refractivity (Wildman–Crippen MR) is 67.8 cm³/mol. The summed E-state index contributed by atoms with van der Waals surface area (Å²) in [5.41, 5.74) is -0.577. The van der Waals surface area contributed by atoms with Gasteiger partial charge in [0.05, 0.1) is 0 Å². The number of hydrogen-bond donors (Lipinski definition) is 1. The Balaban J connectivity index is 1.90. The summed E-state index contributed by atoms with van der Waals surface area (Å²) in [6.45, 7) is 1.84. The summed E-state index contributed by atoms with van der Waals surface area (Å²) in [5, 5.41) is 2.99. The normalized spacial score (nSPS) is 31.4. The molecule has 1 N–H and O–H groups in total. The third-order valence-electron chi connectivity index (χ3n) is 4.64. The molecule has 0 bridgehead atoms. The molecule has 1 atom stereocenters. The van der Waals surface area contributed by atoms with Gasteiger partial charge in [-0.2, -0.15) is 0 Å². The Morgan fingerprint density at radius 1 is 1.22 bits per heavy atom. The molecular formula is C14H20N2O2. The molecule has 1 saturated heterocycles. The number of hydrogen-bond acceptors (Lipinski definition) is 2. The summed E-state index contributed by atoms with van der Waals surface area (Å²) in [4.78, 5) is 26.8. The van der Waals surface area contributed by atoms with E-state index in [2.05, 4.69) is 17.5 Å². The van der Waals surface area contributed by atoms with E-state index in [1.54, 1.807) is 0 Å². The predicted octanol–water partition coefficient (Wildman–Crippen LogP) is 1.36. The average molecular weight is 248 g/mol. The fourth-order valence-corrected chi connectivity index (χ4v) is 3.57. The lowest BCUT2D eigenvalue weighted by atomic mass is 9.89. The van der Waals surface area contributed by atoms with Gasteiger partial charge in [-0.3, -0.25) is 9.59 Å². The Morgan fingerprint density at radius 2 is 1.83 bits per heavy atom. The molecular weight excluding hydrogens is 228 g/mol. The van der Waals surface area contributed by atoms with Gasteiger partial charge in [0.15, 0.2) is 0 Å². The highest BCUT2D eigenvalue weighted by Gasteiger charge is 2.52. The van der Waals surface area contributed by atoms with Gasteiger partial charge in [-0.05, 0) is 32.6 Å². The quantitative estimate of drug-likeness (QED) is 0.712. The zero-order valence-electron chi connectivity index (χ0n) is 10.8. The molecule has 2 aliphatic carbocycles. The Kier molecular flexibility index (Phi) is 2.68. The molecule has 0 aromatic rings. The Bertz CT molecular complexity index is 402.